The summed E-state index contributed by atoms with van der Waals surface area (Å²) in [6, 6.07) is 0. The summed E-state index contributed by atoms with van der Waals surface area (Å²) in [5.74, 6) is 0.225. The van der Waals surface area contributed by atoms with Gasteiger partial charge >= 0.3 is 0 Å². The van der Waals surface area contributed by atoms with Crippen molar-refractivity contribution >= 4 is 0 Å². The van der Waals surface area contributed by atoms with Crippen molar-refractivity contribution in [3.8, 4) is 0 Å². The number of hydrogen-bond acceptors (Lipinski definition) is 4. The van der Waals surface area contributed by atoms with E-state index in [0.717, 1.165) is 25.9 Å². The molecule has 82 valence electrons. The molecule has 0 aromatic carbocycles. The van der Waals surface area contributed by atoms with Gasteiger partial charge < -0.3 is 10.4 Å². The van der Waals surface area contributed by atoms with Crippen molar-refractivity contribution < 1.29 is 5.11 Å². The summed E-state index contributed by atoms with van der Waals surface area (Å²) in [6.07, 6.45) is 7.05. The normalized spacial score (nSPS) is 25.9. The smallest absolute Gasteiger partial charge is 0.109 e. The van der Waals surface area contributed by atoms with Gasteiger partial charge in [0.05, 0.1) is 11.9 Å². The lowest BCUT2D eigenvalue weighted by Crippen LogP contribution is -2.42. The average Bonchev–Trinajstić information content (AvgIpc) is 2.31. The van der Waals surface area contributed by atoms with E-state index in [0.29, 0.717) is 5.69 Å². The van der Waals surface area contributed by atoms with Gasteiger partial charge in [-0.25, -0.2) is 0 Å². The number of nitrogens with one attached hydrogen (secondary N) is 1. The molecule has 15 heavy (non-hydrogen) atoms. The second-order valence-electron chi connectivity index (χ2n) is 4.28. The molecular weight excluding hydrogens is 190 g/mol. The first-order valence-corrected chi connectivity index (χ1v) is 5.41. The van der Waals surface area contributed by atoms with Crippen LogP contribution in [0, 0.1) is 5.92 Å². The number of aromatic nitrogens is 2. The van der Waals surface area contributed by atoms with Crippen LogP contribution in [0.25, 0.3) is 0 Å². The molecule has 0 aliphatic carbocycles. The molecule has 0 amide bonds. The molecule has 1 fully saturated rings. The molecule has 1 aromatic rings. The van der Waals surface area contributed by atoms with Crippen molar-refractivity contribution in [1.82, 2.24) is 15.3 Å². The molecule has 1 aliphatic rings. The summed E-state index contributed by atoms with van der Waals surface area (Å²) in [4.78, 5) is 8.19. The third-order valence-corrected chi connectivity index (χ3v) is 3.17. The Bertz CT molecular complexity index is 307. The van der Waals surface area contributed by atoms with E-state index in [1.165, 1.54) is 0 Å². The molecule has 2 N–H and O–H groups in total. The largest absolute Gasteiger partial charge is 0.383 e. The molecule has 1 aromatic heterocycles. The molecule has 2 unspecified atom stereocenters. The fraction of sp³-hybridized carbons (Fsp3) is 0.636. The standard InChI is InChI=1S/C11H17N3O/c1-11(15,9-3-2-4-12-7-9)10-8-13-5-6-14-10/h5-6,8-9,12,15H,2-4,7H2,1H3. The van der Waals surface area contributed by atoms with Crippen LogP contribution in [0.2, 0.25) is 0 Å². The first-order chi connectivity index (χ1) is 7.21. The topological polar surface area (TPSA) is 58.0 Å². The minimum atomic E-state index is -0.873. The van der Waals surface area contributed by atoms with E-state index in [4.69, 9.17) is 0 Å². The number of rotatable bonds is 2. The minimum Gasteiger partial charge on any atom is -0.383 e. The number of nitrogens with zero attached hydrogens (tertiary/aromatic N) is 2. The second kappa shape index (κ2) is 4.24. The summed E-state index contributed by atoms with van der Waals surface area (Å²) in [6.45, 7) is 3.73. The first-order valence-electron chi connectivity index (χ1n) is 5.41. The molecular formula is C11H17N3O. The van der Waals surface area contributed by atoms with E-state index in [1.807, 2.05) is 6.92 Å². The highest BCUT2D eigenvalue weighted by Crippen LogP contribution is 2.31. The second-order valence-corrected chi connectivity index (χ2v) is 4.28. The van der Waals surface area contributed by atoms with Gasteiger partial charge in [0.2, 0.25) is 0 Å². The van der Waals surface area contributed by atoms with Crippen LogP contribution in [0.15, 0.2) is 18.6 Å². The van der Waals surface area contributed by atoms with Crippen molar-refractivity contribution in [3.63, 3.8) is 0 Å². The van der Waals surface area contributed by atoms with Crippen LogP contribution < -0.4 is 5.32 Å². The summed E-state index contributed by atoms with van der Waals surface area (Å²) < 4.78 is 0. The van der Waals surface area contributed by atoms with Gasteiger partial charge in [-0.15, -0.1) is 0 Å². The summed E-state index contributed by atoms with van der Waals surface area (Å²) in [5.41, 5.74) is -0.208. The zero-order valence-electron chi connectivity index (χ0n) is 8.98. The van der Waals surface area contributed by atoms with Gasteiger partial charge in [-0.2, -0.15) is 0 Å². The van der Waals surface area contributed by atoms with E-state index < -0.39 is 5.60 Å². The maximum Gasteiger partial charge on any atom is 0.109 e. The molecule has 0 spiro atoms. The van der Waals surface area contributed by atoms with Gasteiger partial charge in [-0.1, -0.05) is 0 Å². The highest BCUT2D eigenvalue weighted by atomic mass is 16.3. The Morgan fingerprint density at radius 1 is 1.53 bits per heavy atom. The van der Waals surface area contributed by atoms with Crippen LogP contribution in [0.4, 0.5) is 0 Å². The van der Waals surface area contributed by atoms with Crippen molar-refractivity contribution in [1.29, 1.82) is 0 Å². The molecule has 0 saturated carbocycles. The lowest BCUT2D eigenvalue weighted by Gasteiger charge is -2.35. The molecule has 4 nitrogen and oxygen atoms in total. The quantitative estimate of drug-likeness (QED) is 0.749. The van der Waals surface area contributed by atoms with Crippen LogP contribution in [0.3, 0.4) is 0 Å². The van der Waals surface area contributed by atoms with E-state index in [1.54, 1.807) is 18.6 Å². The van der Waals surface area contributed by atoms with E-state index in [-0.39, 0.29) is 5.92 Å². The zero-order chi connectivity index (χ0) is 10.7. The molecule has 1 aliphatic heterocycles. The van der Waals surface area contributed by atoms with Gasteiger partial charge in [-0.3, -0.25) is 9.97 Å². The monoisotopic (exact) mass is 207 g/mol. The van der Waals surface area contributed by atoms with Crippen molar-refractivity contribution in [2.45, 2.75) is 25.4 Å². The number of hydrogen-bond donors (Lipinski definition) is 2. The molecule has 2 heterocycles. The van der Waals surface area contributed by atoms with Crippen LogP contribution in [-0.2, 0) is 5.60 Å². The van der Waals surface area contributed by atoms with Gasteiger partial charge in [-0.05, 0) is 26.3 Å². The van der Waals surface area contributed by atoms with E-state index in [9.17, 15) is 5.11 Å². The lowest BCUT2D eigenvalue weighted by molar-refractivity contribution is -0.0197. The molecule has 2 atom stereocenters. The Kier molecular flexibility index (Phi) is 2.98. The van der Waals surface area contributed by atoms with E-state index >= 15 is 0 Å². The maximum absolute atomic E-state index is 10.5. The minimum absolute atomic E-state index is 0.225. The van der Waals surface area contributed by atoms with Crippen LogP contribution >= 0.6 is 0 Å². The van der Waals surface area contributed by atoms with Crippen LogP contribution in [0.1, 0.15) is 25.5 Å². The van der Waals surface area contributed by atoms with Crippen LogP contribution in [-0.4, -0.2) is 28.2 Å². The predicted octanol–water partition coefficient (Wildman–Crippen LogP) is 0.684. The van der Waals surface area contributed by atoms with Crippen molar-refractivity contribution in [2.24, 2.45) is 5.92 Å². The number of aliphatic hydroxyl groups is 1. The third kappa shape index (κ3) is 2.16. The van der Waals surface area contributed by atoms with Crippen LogP contribution in [0.5, 0.6) is 0 Å². The third-order valence-electron chi connectivity index (χ3n) is 3.17. The van der Waals surface area contributed by atoms with E-state index in [2.05, 4.69) is 15.3 Å². The highest BCUT2D eigenvalue weighted by Gasteiger charge is 2.35. The predicted molar refractivity (Wildman–Crippen MR) is 57.2 cm³/mol. The fourth-order valence-corrected chi connectivity index (χ4v) is 2.10. The summed E-state index contributed by atoms with van der Waals surface area (Å²) in [5, 5.41) is 13.8. The Morgan fingerprint density at radius 2 is 2.40 bits per heavy atom. The van der Waals surface area contributed by atoms with Crippen molar-refractivity contribution in [2.75, 3.05) is 13.1 Å². The molecule has 0 bridgehead atoms. The Hall–Kier alpha value is -1.00. The average molecular weight is 207 g/mol. The molecule has 1 saturated heterocycles. The Balaban J connectivity index is 2.18. The van der Waals surface area contributed by atoms with Gasteiger partial charge in [0, 0.05) is 24.9 Å². The Labute approximate surface area is 89.8 Å². The lowest BCUT2D eigenvalue weighted by atomic mass is 9.81. The van der Waals surface area contributed by atoms with Gasteiger partial charge in [0.1, 0.15) is 5.60 Å². The maximum atomic E-state index is 10.5. The summed E-state index contributed by atoms with van der Waals surface area (Å²) >= 11 is 0. The Morgan fingerprint density at radius 3 is 3.00 bits per heavy atom. The number of piperidine rings is 1. The molecule has 4 heteroatoms. The zero-order valence-corrected chi connectivity index (χ0v) is 8.98. The van der Waals surface area contributed by atoms with Crippen molar-refractivity contribution in [3.05, 3.63) is 24.3 Å². The van der Waals surface area contributed by atoms with Gasteiger partial charge in [0.25, 0.3) is 0 Å². The summed E-state index contributed by atoms with van der Waals surface area (Å²) in [7, 11) is 0. The van der Waals surface area contributed by atoms with Gasteiger partial charge in [0.15, 0.2) is 0 Å². The SMILES string of the molecule is CC(O)(c1cnccn1)C1CCCNC1. The fourth-order valence-electron chi connectivity index (χ4n) is 2.10. The molecule has 2 rings (SSSR count). The first kappa shape index (κ1) is 10.5. The molecule has 0 radical (unpaired) electrons. The highest BCUT2D eigenvalue weighted by molar-refractivity contribution is 5.09.